The minimum absolute atomic E-state index is 0.249. The fraction of sp³-hybridized carbons (Fsp3) is 0.600. The summed E-state index contributed by atoms with van der Waals surface area (Å²) in [7, 11) is 1.71. The molecule has 106 valence electrons. The minimum atomic E-state index is -0.448. The Morgan fingerprint density at radius 2 is 1.95 bits per heavy atom. The van der Waals surface area contributed by atoms with Gasteiger partial charge in [-0.15, -0.1) is 0 Å². The Labute approximate surface area is 115 Å². The number of hydrogen-bond acceptors (Lipinski definition) is 4. The van der Waals surface area contributed by atoms with Crippen LogP contribution in [0.25, 0.3) is 0 Å². The number of ether oxygens (including phenoxy) is 3. The van der Waals surface area contributed by atoms with Gasteiger partial charge < -0.3 is 19.5 Å². The molecule has 1 N–H and O–H groups in total. The summed E-state index contributed by atoms with van der Waals surface area (Å²) in [6.45, 7) is 6.72. The van der Waals surface area contributed by atoms with Gasteiger partial charge in [0.25, 0.3) is 0 Å². The van der Waals surface area contributed by atoms with Crippen molar-refractivity contribution in [1.82, 2.24) is 5.32 Å². The molecule has 0 radical (unpaired) electrons. The largest absolute Gasteiger partial charge is 0.380 e. The number of methoxy groups -OCH3 is 1. The van der Waals surface area contributed by atoms with Gasteiger partial charge >= 0.3 is 0 Å². The zero-order chi connectivity index (χ0) is 13.7. The fourth-order valence-electron chi connectivity index (χ4n) is 2.07. The monoisotopic (exact) mass is 265 g/mol. The molecular weight excluding hydrogens is 242 g/mol. The van der Waals surface area contributed by atoms with E-state index in [1.165, 1.54) is 11.1 Å². The summed E-state index contributed by atoms with van der Waals surface area (Å²) in [6.07, 6.45) is 0. The van der Waals surface area contributed by atoms with Crippen molar-refractivity contribution in [2.75, 3.05) is 20.3 Å². The van der Waals surface area contributed by atoms with Crippen LogP contribution in [0.1, 0.15) is 25.0 Å². The molecule has 1 heterocycles. The van der Waals surface area contributed by atoms with Crippen LogP contribution in [-0.4, -0.2) is 32.2 Å². The summed E-state index contributed by atoms with van der Waals surface area (Å²) in [5.41, 5.74) is 2.44. The van der Waals surface area contributed by atoms with Crippen LogP contribution in [0.5, 0.6) is 0 Å². The predicted molar refractivity (Wildman–Crippen MR) is 73.8 cm³/mol. The van der Waals surface area contributed by atoms with Crippen LogP contribution in [-0.2, 0) is 27.4 Å². The highest BCUT2D eigenvalue weighted by atomic mass is 16.7. The van der Waals surface area contributed by atoms with Crippen molar-refractivity contribution in [3.05, 3.63) is 35.4 Å². The second kappa shape index (κ2) is 6.48. The van der Waals surface area contributed by atoms with Gasteiger partial charge in [-0.3, -0.25) is 0 Å². The Kier molecular flexibility index (Phi) is 4.93. The highest BCUT2D eigenvalue weighted by Crippen LogP contribution is 2.17. The number of rotatable bonds is 5. The van der Waals surface area contributed by atoms with Gasteiger partial charge in [0.05, 0.1) is 25.9 Å². The van der Waals surface area contributed by atoms with E-state index in [9.17, 15) is 0 Å². The lowest BCUT2D eigenvalue weighted by molar-refractivity contribution is -0.253. The van der Waals surface area contributed by atoms with E-state index >= 15 is 0 Å². The average molecular weight is 265 g/mol. The maximum atomic E-state index is 5.62. The molecule has 0 aliphatic carbocycles. The molecule has 1 saturated heterocycles. The standard InChI is InChI=1S/C15H23NO3/c1-15(2)18-10-14(11-19-15)16-8-12-5-4-6-13(7-12)9-17-3/h4-7,14,16H,8-11H2,1-3H3. The summed E-state index contributed by atoms with van der Waals surface area (Å²) in [5, 5.41) is 3.45. The van der Waals surface area contributed by atoms with Gasteiger partial charge in [0.2, 0.25) is 0 Å². The molecule has 1 fully saturated rings. The van der Waals surface area contributed by atoms with Crippen LogP contribution in [0.4, 0.5) is 0 Å². The van der Waals surface area contributed by atoms with Gasteiger partial charge in [0, 0.05) is 13.7 Å². The quantitative estimate of drug-likeness (QED) is 0.885. The van der Waals surface area contributed by atoms with E-state index in [2.05, 4.69) is 29.6 Å². The molecule has 1 aromatic carbocycles. The smallest absolute Gasteiger partial charge is 0.162 e. The highest BCUT2D eigenvalue weighted by molar-refractivity contribution is 5.22. The van der Waals surface area contributed by atoms with Crippen LogP contribution in [0, 0.1) is 0 Å². The summed E-state index contributed by atoms with van der Waals surface area (Å²) in [5.74, 6) is -0.448. The van der Waals surface area contributed by atoms with Gasteiger partial charge in [-0.2, -0.15) is 0 Å². The summed E-state index contributed by atoms with van der Waals surface area (Å²) in [6, 6.07) is 8.65. The first-order valence-electron chi connectivity index (χ1n) is 6.67. The van der Waals surface area contributed by atoms with Crippen molar-refractivity contribution < 1.29 is 14.2 Å². The van der Waals surface area contributed by atoms with E-state index in [0.717, 1.165) is 6.54 Å². The molecule has 1 aliphatic heterocycles. The van der Waals surface area contributed by atoms with Crippen LogP contribution < -0.4 is 5.32 Å². The highest BCUT2D eigenvalue weighted by Gasteiger charge is 2.27. The van der Waals surface area contributed by atoms with Crippen LogP contribution in [0.2, 0.25) is 0 Å². The zero-order valence-corrected chi connectivity index (χ0v) is 11.9. The molecule has 2 rings (SSSR count). The third kappa shape index (κ3) is 4.58. The zero-order valence-electron chi connectivity index (χ0n) is 11.9. The maximum absolute atomic E-state index is 5.62. The number of benzene rings is 1. The van der Waals surface area contributed by atoms with Crippen molar-refractivity contribution in [1.29, 1.82) is 0 Å². The van der Waals surface area contributed by atoms with E-state index in [-0.39, 0.29) is 6.04 Å². The van der Waals surface area contributed by atoms with Crippen molar-refractivity contribution in [2.24, 2.45) is 0 Å². The van der Waals surface area contributed by atoms with Crippen molar-refractivity contribution in [3.8, 4) is 0 Å². The first-order chi connectivity index (χ1) is 9.09. The van der Waals surface area contributed by atoms with Crippen molar-refractivity contribution in [2.45, 2.75) is 38.8 Å². The molecule has 1 aromatic rings. The van der Waals surface area contributed by atoms with Crippen LogP contribution in [0.15, 0.2) is 24.3 Å². The number of nitrogens with one attached hydrogen (secondary N) is 1. The molecule has 19 heavy (non-hydrogen) atoms. The van der Waals surface area contributed by atoms with Gasteiger partial charge in [0.15, 0.2) is 5.79 Å². The van der Waals surface area contributed by atoms with Gasteiger partial charge in [-0.1, -0.05) is 24.3 Å². The molecule has 1 aliphatic rings. The van der Waals surface area contributed by atoms with Crippen molar-refractivity contribution in [3.63, 3.8) is 0 Å². The average Bonchev–Trinajstić information content (AvgIpc) is 2.38. The molecule has 4 heteroatoms. The summed E-state index contributed by atoms with van der Waals surface area (Å²) >= 11 is 0. The van der Waals surface area contributed by atoms with E-state index in [1.54, 1.807) is 7.11 Å². The molecule has 0 aromatic heterocycles. The van der Waals surface area contributed by atoms with E-state index in [0.29, 0.717) is 19.8 Å². The van der Waals surface area contributed by atoms with Crippen molar-refractivity contribution >= 4 is 0 Å². The summed E-state index contributed by atoms with van der Waals surface area (Å²) < 4.78 is 16.4. The second-order valence-corrected chi connectivity index (χ2v) is 5.35. The molecule has 0 saturated carbocycles. The lowest BCUT2D eigenvalue weighted by Gasteiger charge is -2.35. The molecule has 0 atom stereocenters. The number of hydrogen-bond donors (Lipinski definition) is 1. The van der Waals surface area contributed by atoms with Gasteiger partial charge in [-0.05, 0) is 25.0 Å². The van der Waals surface area contributed by atoms with E-state index < -0.39 is 5.79 Å². The topological polar surface area (TPSA) is 39.7 Å². The predicted octanol–water partition coefficient (Wildman–Crippen LogP) is 2.07. The minimum Gasteiger partial charge on any atom is -0.380 e. The van der Waals surface area contributed by atoms with Crippen LogP contribution >= 0.6 is 0 Å². The molecule has 0 amide bonds. The Bertz CT molecular complexity index is 396. The SMILES string of the molecule is COCc1cccc(CNC2COC(C)(C)OC2)c1. The maximum Gasteiger partial charge on any atom is 0.162 e. The normalized spacial score (nSPS) is 19.5. The Hall–Kier alpha value is -0.940. The first-order valence-corrected chi connectivity index (χ1v) is 6.67. The third-order valence-electron chi connectivity index (χ3n) is 3.16. The van der Waals surface area contributed by atoms with E-state index in [4.69, 9.17) is 14.2 Å². The molecule has 0 bridgehead atoms. The van der Waals surface area contributed by atoms with Gasteiger partial charge in [0.1, 0.15) is 0 Å². The summed E-state index contributed by atoms with van der Waals surface area (Å²) in [4.78, 5) is 0. The fourth-order valence-corrected chi connectivity index (χ4v) is 2.07. The molecule has 0 unspecified atom stereocenters. The van der Waals surface area contributed by atoms with Gasteiger partial charge in [-0.25, -0.2) is 0 Å². The molecular formula is C15H23NO3. The Morgan fingerprint density at radius 1 is 1.26 bits per heavy atom. The lowest BCUT2D eigenvalue weighted by atomic mass is 10.1. The first kappa shape index (κ1) is 14.5. The molecule has 0 spiro atoms. The lowest BCUT2D eigenvalue weighted by Crippen LogP contribution is -2.48. The molecule has 4 nitrogen and oxygen atoms in total. The Morgan fingerprint density at radius 3 is 2.63 bits per heavy atom. The second-order valence-electron chi connectivity index (χ2n) is 5.35. The third-order valence-corrected chi connectivity index (χ3v) is 3.16. The van der Waals surface area contributed by atoms with Crippen LogP contribution in [0.3, 0.4) is 0 Å². The van der Waals surface area contributed by atoms with E-state index in [1.807, 2.05) is 13.8 Å². The Balaban J connectivity index is 1.81.